The number of rotatable bonds is 7. The number of aromatic nitrogens is 1. The predicted octanol–water partition coefficient (Wildman–Crippen LogP) is 5.31. The van der Waals surface area contributed by atoms with Crippen molar-refractivity contribution >= 4 is 32.1 Å². The minimum Gasteiger partial charge on any atom is -0.495 e. The molecule has 1 aliphatic rings. The van der Waals surface area contributed by atoms with Crippen LogP contribution in [0.2, 0.25) is 0 Å². The largest absolute Gasteiger partial charge is 0.495 e. The third-order valence-electron chi connectivity index (χ3n) is 6.15. The molecule has 3 aromatic rings. The Bertz CT molecular complexity index is 1510. The molecule has 6 nitrogen and oxygen atoms in total. The first-order valence-corrected chi connectivity index (χ1v) is 13.2. The van der Waals surface area contributed by atoms with Crippen LogP contribution < -0.4 is 15.0 Å². The van der Waals surface area contributed by atoms with E-state index in [0.717, 1.165) is 4.57 Å². The average Bonchev–Trinajstić information content (AvgIpc) is 3.15. The van der Waals surface area contributed by atoms with Crippen LogP contribution in [0.3, 0.4) is 0 Å². The highest BCUT2D eigenvalue weighted by Gasteiger charge is 2.44. The Morgan fingerprint density at radius 1 is 1.13 bits per heavy atom. The maximum atomic E-state index is 13.4. The maximum Gasteiger partial charge on any atom is 0.406 e. The first-order chi connectivity index (χ1) is 17.7. The molecular weight excluding hydrogens is 529 g/mol. The first-order valence-electron chi connectivity index (χ1n) is 11.7. The number of nitrogens with one attached hydrogen (secondary N) is 1. The van der Waals surface area contributed by atoms with Crippen molar-refractivity contribution in [3.8, 4) is 17.6 Å². The van der Waals surface area contributed by atoms with Crippen LogP contribution in [0.25, 0.3) is 10.9 Å². The van der Waals surface area contributed by atoms with E-state index in [9.17, 15) is 30.4 Å². The van der Waals surface area contributed by atoms with Gasteiger partial charge in [0.1, 0.15) is 12.3 Å². The summed E-state index contributed by atoms with van der Waals surface area (Å²) in [4.78, 5) is 1.53. The van der Waals surface area contributed by atoms with Gasteiger partial charge in [0.05, 0.1) is 53.8 Å². The number of ether oxygens (including phenoxy) is 1. The van der Waals surface area contributed by atoms with Crippen LogP contribution in [-0.4, -0.2) is 57.1 Å². The summed E-state index contributed by atoms with van der Waals surface area (Å²) in [5.74, 6) is 2.98. The Morgan fingerprint density at radius 2 is 1.84 bits per heavy atom. The van der Waals surface area contributed by atoms with E-state index >= 15 is 0 Å². The van der Waals surface area contributed by atoms with Crippen molar-refractivity contribution in [1.82, 2.24) is 4.57 Å². The van der Waals surface area contributed by atoms with Gasteiger partial charge in [-0.25, -0.2) is 17.2 Å². The molecule has 4 rings (SSSR count). The molecule has 1 aromatic heterocycles. The zero-order valence-corrected chi connectivity index (χ0v) is 21.7. The Labute approximate surface area is 217 Å². The number of benzene rings is 2. The van der Waals surface area contributed by atoms with Crippen molar-refractivity contribution < 1.29 is 35.1 Å². The molecule has 1 N–H and O–H groups in total. The highest BCUT2D eigenvalue weighted by Crippen LogP contribution is 2.38. The molecule has 0 amide bonds. The average molecular weight is 556 g/mol. The van der Waals surface area contributed by atoms with E-state index in [1.807, 2.05) is 0 Å². The molecule has 12 heteroatoms. The van der Waals surface area contributed by atoms with Gasteiger partial charge in [-0.05, 0) is 50.1 Å². The van der Waals surface area contributed by atoms with Crippen molar-refractivity contribution in [2.24, 2.45) is 0 Å². The van der Waals surface area contributed by atoms with E-state index in [4.69, 9.17) is 4.74 Å². The highest BCUT2D eigenvalue weighted by molar-refractivity contribution is 7.92. The van der Waals surface area contributed by atoms with Crippen molar-refractivity contribution in [1.29, 1.82) is 0 Å². The van der Waals surface area contributed by atoms with Crippen LogP contribution in [0.5, 0.6) is 5.75 Å². The van der Waals surface area contributed by atoms with Gasteiger partial charge in [-0.15, -0.1) is 0 Å². The Kier molecular flexibility index (Phi) is 7.27. The highest BCUT2D eigenvalue weighted by atomic mass is 32.2. The molecule has 0 radical (unpaired) electrons. The van der Waals surface area contributed by atoms with E-state index in [-0.39, 0.29) is 28.4 Å². The topological polar surface area (TPSA) is 63.6 Å². The van der Waals surface area contributed by atoms with Crippen molar-refractivity contribution in [2.45, 2.75) is 42.6 Å². The predicted molar refractivity (Wildman–Crippen MR) is 136 cm³/mol. The van der Waals surface area contributed by atoms with Crippen molar-refractivity contribution in [2.75, 3.05) is 37.0 Å². The summed E-state index contributed by atoms with van der Waals surface area (Å²) in [6.07, 6.45) is -4.52. The van der Waals surface area contributed by atoms with Gasteiger partial charge in [-0.1, -0.05) is 12.0 Å². The fourth-order valence-electron chi connectivity index (χ4n) is 4.22. The molecule has 2 heterocycles. The number of sulfone groups is 1. The van der Waals surface area contributed by atoms with Gasteiger partial charge in [-0.2, -0.15) is 13.2 Å². The molecule has 2 aromatic carbocycles. The smallest absolute Gasteiger partial charge is 0.406 e. The lowest BCUT2D eigenvalue weighted by Crippen LogP contribution is -2.56. The molecule has 0 atom stereocenters. The van der Waals surface area contributed by atoms with E-state index in [1.54, 1.807) is 19.9 Å². The Morgan fingerprint density at radius 3 is 2.45 bits per heavy atom. The first kappa shape index (κ1) is 27.6. The quantitative estimate of drug-likeness (QED) is 0.316. The summed E-state index contributed by atoms with van der Waals surface area (Å²) >= 11 is 0. The Balaban J connectivity index is 1.61. The molecule has 0 bridgehead atoms. The summed E-state index contributed by atoms with van der Waals surface area (Å²) in [5, 5.41) is 2.78. The number of alkyl halides is 5. The van der Waals surface area contributed by atoms with E-state index in [2.05, 4.69) is 17.2 Å². The fourth-order valence-corrected chi connectivity index (χ4v) is 5.29. The molecule has 1 aliphatic heterocycles. The van der Waals surface area contributed by atoms with Crippen LogP contribution in [-0.2, 0) is 16.4 Å². The molecule has 0 unspecified atom stereocenters. The molecular formula is C26H26F5N3O3S. The number of halogens is 5. The molecule has 1 saturated heterocycles. The summed E-state index contributed by atoms with van der Waals surface area (Å²) in [6.45, 7) is 0.882. The standard InChI is InChI=1S/C26H26F5N3O3S/c1-17(2)38(35,36)19-9-10-21(24(13-19)37-3)32-11-5-6-18-12-20-22(33-14-25(27,28)15-33)7-4-8-23(20)34(18)16-26(29,30)31/h4,7-10,12-13,17,32H,11,14-16H2,1-3H3. The monoisotopic (exact) mass is 555 g/mol. The van der Waals surface area contributed by atoms with Gasteiger partial charge >= 0.3 is 6.18 Å². The van der Waals surface area contributed by atoms with Crippen LogP contribution in [0.4, 0.5) is 33.3 Å². The summed E-state index contributed by atoms with van der Waals surface area (Å²) in [5.41, 5.74) is 1.22. The normalized spacial score (nSPS) is 15.2. The minimum atomic E-state index is -4.52. The van der Waals surface area contributed by atoms with Gasteiger partial charge in [0, 0.05) is 17.1 Å². The second-order valence-corrected chi connectivity index (χ2v) is 11.8. The molecule has 0 spiro atoms. The molecule has 38 heavy (non-hydrogen) atoms. The second kappa shape index (κ2) is 10.0. The number of nitrogens with zero attached hydrogens (tertiary/aromatic N) is 2. The van der Waals surface area contributed by atoms with Gasteiger partial charge in [0.2, 0.25) is 0 Å². The van der Waals surface area contributed by atoms with Gasteiger partial charge < -0.3 is 19.5 Å². The third kappa shape index (κ3) is 5.67. The van der Waals surface area contributed by atoms with E-state index < -0.39 is 46.8 Å². The number of hydrogen-bond donors (Lipinski definition) is 1. The van der Waals surface area contributed by atoms with Crippen molar-refractivity contribution in [3.63, 3.8) is 0 Å². The Hall–Kier alpha value is -3.46. The number of hydrogen-bond acceptors (Lipinski definition) is 5. The molecule has 0 aliphatic carbocycles. The maximum absolute atomic E-state index is 13.4. The van der Waals surface area contributed by atoms with Crippen LogP contribution in [0, 0.1) is 11.8 Å². The number of fused-ring (bicyclic) bond motifs is 1. The van der Waals surface area contributed by atoms with E-state index in [0.29, 0.717) is 16.8 Å². The van der Waals surface area contributed by atoms with Gasteiger partial charge in [-0.3, -0.25) is 0 Å². The van der Waals surface area contributed by atoms with Crippen LogP contribution in [0.1, 0.15) is 19.5 Å². The zero-order valence-electron chi connectivity index (χ0n) is 20.9. The van der Waals surface area contributed by atoms with Crippen molar-refractivity contribution in [3.05, 3.63) is 48.2 Å². The minimum absolute atomic E-state index is 0.0192. The fraction of sp³-hybridized carbons (Fsp3) is 0.385. The lowest BCUT2D eigenvalue weighted by molar-refractivity contribution is -0.140. The van der Waals surface area contributed by atoms with Crippen LogP contribution >= 0.6 is 0 Å². The number of methoxy groups -OCH3 is 1. The molecule has 0 saturated carbocycles. The zero-order chi connectivity index (χ0) is 27.9. The lowest BCUT2D eigenvalue weighted by atomic mass is 10.1. The summed E-state index contributed by atoms with van der Waals surface area (Å²) < 4.78 is 98.2. The van der Waals surface area contributed by atoms with Crippen LogP contribution in [0.15, 0.2) is 47.4 Å². The lowest BCUT2D eigenvalue weighted by Gasteiger charge is -2.40. The molecule has 204 valence electrons. The third-order valence-corrected chi connectivity index (χ3v) is 8.30. The van der Waals surface area contributed by atoms with Gasteiger partial charge in [0.15, 0.2) is 9.84 Å². The summed E-state index contributed by atoms with van der Waals surface area (Å²) in [7, 11) is -2.12. The van der Waals surface area contributed by atoms with Gasteiger partial charge in [0.25, 0.3) is 5.92 Å². The second-order valence-electron chi connectivity index (χ2n) is 9.26. The molecule has 1 fully saturated rings. The summed E-state index contributed by atoms with van der Waals surface area (Å²) in [6, 6.07) is 10.5. The number of anilines is 2. The SMILES string of the molecule is COc1cc(S(=O)(=O)C(C)C)ccc1NCC#Cc1cc2c(N3CC(F)(F)C3)cccc2n1CC(F)(F)F. The van der Waals surface area contributed by atoms with E-state index in [1.165, 1.54) is 48.4 Å².